The fourth-order valence-corrected chi connectivity index (χ4v) is 5.34. The van der Waals surface area contributed by atoms with Gasteiger partial charge in [0.15, 0.2) is 5.13 Å². The number of hydrogen-bond donors (Lipinski definition) is 1. The Balaban J connectivity index is 0. The maximum Gasteiger partial charge on any atom is 0.192 e. The molecular formula is C33H55ClFN3OS2. The number of ether oxygens (including phenoxy) is 1. The molecule has 0 spiro atoms. The van der Waals surface area contributed by atoms with Crippen LogP contribution in [0.15, 0.2) is 58.9 Å². The second-order valence-corrected chi connectivity index (χ2v) is 10.1. The van der Waals surface area contributed by atoms with Crippen molar-refractivity contribution in [1.29, 1.82) is 0 Å². The van der Waals surface area contributed by atoms with Gasteiger partial charge >= 0.3 is 0 Å². The highest BCUT2D eigenvalue weighted by atomic mass is 35.5. The lowest BCUT2D eigenvalue weighted by atomic mass is 9.90. The zero-order chi connectivity index (χ0) is 31.8. The maximum atomic E-state index is 14.6. The van der Waals surface area contributed by atoms with Gasteiger partial charge in [-0.3, -0.25) is 4.90 Å². The van der Waals surface area contributed by atoms with Gasteiger partial charge in [0.05, 0.1) is 9.92 Å². The number of hydrogen-bond acceptors (Lipinski definition) is 6. The molecule has 234 valence electrons. The summed E-state index contributed by atoms with van der Waals surface area (Å²) < 4.78 is 23.7. The molecule has 3 aromatic rings. The molecule has 0 amide bonds. The summed E-state index contributed by atoms with van der Waals surface area (Å²) in [5.41, 5.74) is 1.26. The van der Waals surface area contributed by atoms with Crippen LogP contribution in [0.2, 0.25) is 5.02 Å². The Morgan fingerprint density at radius 1 is 0.951 bits per heavy atom. The van der Waals surface area contributed by atoms with Crippen molar-refractivity contribution >= 4 is 40.0 Å². The van der Waals surface area contributed by atoms with Crippen LogP contribution in [0.5, 0.6) is 5.75 Å². The molecule has 0 bridgehead atoms. The summed E-state index contributed by atoms with van der Waals surface area (Å²) in [7, 11) is 0. The van der Waals surface area contributed by atoms with Crippen molar-refractivity contribution in [3.8, 4) is 5.75 Å². The highest BCUT2D eigenvalue weighted by molar-refractivity contribution is 8.00. The van der Waals surface area contributed by atoms with Crippen LogP contribution in [-0.4, -0.2) is 29.1 Å². The number of nitrogens with one attached hydrogen (secondary N) is 1. The standard InChI is InChI=1S/C23H25ClFN3OS2.5C2H6/c1-23(2,16-6-4-3-5-7-16)28-11-8-17(9-12-28)29-20-15-19(25)21(14-18(20)24)31-27-22-26-10-13-30-22;5*1-2/h3-7,10,13-15,17H,8-9,11-12H2,1-2H3,(H,26,27);5*1-2H3. The van der Waals surface area contributed by atoms with E-state index in [2.05, 4.69) is 52.7 Å². The first kappa shape index (κ1) is 41.3. The van der Waals surface area contributed by atoms with Crippen LogP contribution in [-0.2, 0) is 5.54 Å². The number of thiazole rings is 1. The number of halogens is 2. The first-order valence-electron chi connectivity index (χ1n) is 15.2. The molecule has 41 heavy (non-hydrogen) atoms. The Kier molecular flexibility index (Phi) is 25.0. The summed E-state index contributed by atoms with van der Waals surface area (Å²) in [4.78, 5) is 7.01. The van der Waals surface area contributed by atoms with Gasteiger partial charge in [-0.1, -0.05) is 111 Å². The molecule has 4 rings (SSSR count). The van der Waals surface area contributed by atoms with Crippen molar-refractivity contribution in [1.82, 2.24) is 9.88 Å². The van der Waals surface area contributed by atoms with Gasteiger partial charge in [-0.15, -0.1) is 11.3 Å². The maximum absolute atomic E-state index is 14.6. The number of benzene rings is 2. The SMILES string of the molecule is CC.CC.CC.CC.CC.CC(C)(c1ccccc1)N1CCC(Oc2cc(F)c(SNc3nccs3)cc2Cl)CC1. The lowest BCUT2D eigenvalue weighted by Gasteiger charge is -2.43. The predicted octanol–water partition coefficient (Wildman–Crippen LogP) is 12.0. The monoisotopic (exact) mass is 627 g/mol. The van der Waals surface area contributed by atoms with E-state index >= 15 is 0 Å². The largest absolute Gasteiger partial charge is 0.489 e. The minimum absolute atomic E-state index is 0.0201. The van der Waals surface area contributed by atoms with E-state index in [0.29, 0.717) is 20.8 Å². The zero-order valence-electron chi connectivity index (χ0n) is 27.5. The van der Waals surface area contributed by atoms with E-state index in [9.17, 15) is 4.39 Å². The second-order valence-electron chi connectivity index (χ2n) is 7.98. The molecule has 1 aromatic heterocycles. The Morgan fingerprint density at radius 3 is 2.02 bits per heavy atom. The van der Waals surface area contributed by atoms with Crippen LogP contribution in [0.25, 0.3) is 0 Å². The topological polar surface area (TPSA) is 37.4 Å². The molecule has 1 saturated heterocycles. The number of aromatic nitrogens is 1. The van der Waals surface area contributed by atoms with Crippen molar-refractivity contribution < 1.29 is 9.13 Å². The Morgan fingerprint density at radius 2 is 1.51 bits per heavy atom. The summed E-state index contributed by atoms with van der Waals surface area (Å²) in [5, 5.41) is 2.98. The molecule has 1 N–H and O–H groups in total. The fraction of sp³-hybridized carbons (Fsp3) is 0.545. The van der Waals surface area contributed by atoms with Crippen LogP contribution in [0, 0.1) is 5.82 Å². The van der Waals surface area contributed by atoms with Gasteiger partial charge in [0.2, 0.25) is 0 Å². The highest BCUT2D eigenvalue weighted by Gasteiger charge is 2.32. The molecule has 0 atom stereocenters. The molecule has 1 fully saturated rings. The van der Waals surface area contributed by atoms with Crippen LogP contribution < -0.4 is 9.46 Å². The molecular weight excluding hydrogens is 573 g/mol. The molecule has 1 aliphatic heterocycles. The third-order valence-corrected chi connectivity index (χ3v) is 7.61. The highest BCUT2D eigenvalue weighted by Crippen LogP contribution is 2.36. The van der Waals surface area contributed by atoms with E-state index < -0.39 is 0 Å². The van der Waals surface area contributed by atoms with Crippen LogP contribution >= 0.6 is 34.9 Å². The van der Waals surface area contributed by atoms with E-state index in [1.807, 2.05) is 80.7 Å². The lowest BCUT2D eigenvalue weighted by molar-refractivity contribution is 0.0391. The lowest BCUT2D eigenvalue weighted by Crippen LogP contribution is -2.48. The van der Waals surface area contributed by atoms with Crippen LogP contribution in [0.4, 0.5) is 9.52 Å². The van der Waals surface area contributed by atoms with E-state index in [1.165, 1.54) is 23.0 Å². The number of rotatable bonds is 7. The molecule has 8 heteroatoms. The third kappa shape index (κ3) is 13.8. The molecule has 2 aromatic carbocycles. The Hall–Kier alpha value is -1.80. The molecule has 2 heterocycles. The van der Waals surface area contributed by atoms with Crippen molar-refractivity contribution in [2.24, 2.45) is 0 Å². The summed E-state index contributed by atoms with van der Waals surface area (Å²) in [6, 6.07) is 13.5. The van der Waals surface area contributed by atoms with Gasteiger partial charge in [0.1, 0.15) is 17.7 Å². The van der Waals surface area contributed by atoms with Gasteiger partial charge in [0, 0.05) is 36.3 Å². The quantitative estimate of drug-likeness (QED) is 0.264. The van der Waals surface area contributed by atoms with E-state index in [0.717, 1.165) is 37.9 Å². The minimum Gasteiger partial charge on any atom is -0.489 e. The first-order valence-corrected chi connectivity index (χ1v) is 17.3. The van der Waals surface area contributed by atoms with Gasteiger partial charge < -0.3 is 9.46 Å². The van der Waals surface area contributed by atoms with Crippen LogP contribution in [0.3, 0.4) is 0 Å². The summed E-state index contributed by atoms with van der Waals surface area (Å²) in [6.45, 7) is 26.3. The molecule has 0 aliphatic carbocycles. The van der Waals surface area contributed by atoms with E-state index in [-0.39, 0.29) is 17.5 Å². The summed E-state index contributed by atoms with van der Waals surface area (Å²) in [6.07, 6.45) is 3.46. The zero-order valence-corrected chi connectivity index (χ0v) is 29.9. The van der Waals surface area contributed by atoms with Crippen molar-refractivity contribution in [2.45, 2.75) is 112 Å². The van der Waals surface area contributed by atoms with E-state index in [1.54, 1.807) is 12.3 Å². The number of anilines is 1. The average Bonchev–Trinajstić information content (AvgIpc) is 3.58. The second kappa shape index (κ2) is 24.8. The van der Waals surface area contributed by atoms with Crippen LogP contribution in [0.1, 0.15) is 101 Å². The normalized spacial score (nSPS) is 12.6. The van der Waals surface area contributed by atoms with E-state index in [4.69, 9.17) is 16.3 Å². The van der Waals surface area contributed by atoms with Gasteiger partial charge in [-0.05, 0) is 50.3 Å². The first-order chi connectivity index (χ1) is 19.9. The van der Waals surface area contributed by atoms with Crippen molar-refractivity contribution in [3.63, 3.8) is 0 Å². The number of piperidine rings is 1. The Bertz CT molecular complexity index is 997. The number of nitrogens with zero attached hydrogens (tertiary/aromatic N) is 2. The average molecular weight is 628 g/mol. The van der Waals surface area contributed by atoms with Crippen molar-refractivity contribution in [2.75, 3.05) is 17.8 Å². The van der Waals surface area contributed by atoms with Gasteiger partial charge in [-0.25, -0.2) is 9.37 Å². The summed E-state index contributed by atoms with van der Waals surface area (Å²) in [5.74, 6) is 0.0367. The molecule has 0 unspecified atom stereocenters. The number of likely N-dealkylation sites (tertiary alicyclic amines) is 1. The molecule has 4 nitrogen and oxygen atoms in total. The van der Waals surface area contributed by atoms with Crippen molar-refractivity contribution in [3.05, 3.63) is 70.4 Å². The molecule has 0 saturated carbocycles. The Labute approximate surface area is 264 Å². The fourth-order valence-electron chi connectivity index (χ4n) is 3.79. The van der Waals surface area contributed by atoms with Gasteiger partial charge in [-0.2, -0.15) is 0 Å². The predicted molar refractivity (Wildman–Crippen MR) is 184 cm³/mol. The smallest absolute Gasteiger partial charge is 0.192 e. The third-order valence-electron chi connectivity index (χ3n) is 5.67. The molecule has 1 aliphatic rings. The minimum atomic E-state index is -0.365. The van der Waals surface area contributed by atoms with Gasteiger partial charge in [0.25, 0.3) is 0 Å². The molecule has 0 radical (unpaired) electrons. The summed E-state index contributed by atoms with van der Waals surface area (Å²) >= 11 is 9.01.